The Morgan fingerprint density at radius 3 is 2.40 bits per heavy atom. The zero-order valence-corrected chi connectivity index (χ0v) is 15.0. The second-order valence-corrected chi connectivity index (χ2v) is 6.13. The highest BCUT2D eigenvalue weighted by atomic mass is 15.2. The summed E-state index contributed by atoms with van der Waals surface area (Å²) in [5, 5.41) is 3.37. The van der Waals surface area contributed by atoms with Crippen LogP contribution in [0.25, 0.3) is 0 Å². The summed E-state index contributed by atoms with van der Waals surface area (Å²) >= 11 is 0. The van der Waals surface area contributed by atoms with Gasteiger partial charge in [0, 0.05) is 30.2 Å². The molecule has 0 spiro atoms. The minimum atomic E-state index is 0.637. The van der Waals surface area contributed by atoms with E-state index < -0.39 is 0 Å². The standard InChI is InChI=1S/C21H24N4/c1-4-10-17-15-20(25(3)18-12-6-5-7-13-18)24-21(22-17)23-19-14-9-8-11-16(19)2/h5-9,11-15H,4,10H2,1-3H3,(H,22,23,24). The largest absolute Gasteiger partial charge is 0.329 e. The molecule has 0 saturated heterocycles. The van der Waals surface area contributed by atoms with E-state index in [2.05, 4.69) is 53.3 Å². The number of anilines is 4. The van der Waals surface area contributed by atoms with Crippen molar-refractivity contribution < 1.29 is 0 Å². The maximum atomic E-state index is 4.73. The fourth-order valence-electron chi connectivity index (χ4n) is 2.71. The monoisotopic (exact) mass is 332 g/mol. The number of nitrogens with one attached hydrogen (secondary N) is 1. The van der Waals surface area contributed by atoms with E-state index in [1.165, 1.54) is 5.56 Å². The molecule has 0 amide bonds. The van der Waals surface area contributed by atoms with E-state index in [4.69, 9.17) is 4.98 Å². The number of hydrogen-bond donors (Lipinski definition) is 1. The molecule has 0 unspecified atom stereocenters. The van der Waals surface area contributed by atoms with Crippen molar-refractivity contribution in [3.05, 3.63) is 71.9 Å². The van der Waals surface area contributed by atoms with Crippen LogP contribution in [0.4, 0.5) is 23.1 Å². The Labute approximate surface area is 149 Å². The van der Waals surface area contributed by atoms with E-state index in [9.17, 15) is 0 Å². The number of nitrogens with zero attached hydrogens (tertiary/aromatic N) is 3. The summed E-state index contributed by atoms with van der Waals surface area (Å²) in [5.41, 5.74) is 4.35. The molecule has 0 aliphatic rings. The van der Waals surface area contributed by atoms with Crippen molar-refractivity contribution in [1.82, 2.24) is 9.97 Å². The second-order valence-electron chi connectivity index (χ2n) is 6.13. The van der Waals surface area contributed by atoms with E-state index >= 15 is 0 Å². The van der Waals surface area contributed by atoms with Crippen LogP contribution in [0.2, 0.25) is 0 Å². The fraction of sp³-hybridized carbons (Fsp3) is 0.238. The first-order chi connectivity index (χ1) is 12.2. The minimum Gasteiger partial charge on any atom is -0.329 e. The molecule has 0 saturated carbocycles. The molecule has 4 nitrogen and oxygen atoms in total. The number of aromatic nitrogens is 2. The molecular formula is C21H24N4. The molecule has 4 heteroatoms. The van der Waals surface area contributed by atoms with Crippen LogP contribution in [0.15, 0.2) is 60.7 Å². The zero-order valence-electron chi connectivity index (χ0n) is 15.0. The predicted molar refractivity (Wildman–Crippen MR) is 105 cm³/mol. The van der Waals surface area contributed by atoms with Gasteiger partial charge in [0.15, 0.2) is 0 Å². The maximum absolute atomic E-state index is 4.73. The van der Waals surface area contributed by atoms with Crippen LogP contribution < -0.4 is 10.2 Å². The average Bonchev–Trinajstić information content (AvgIpc) is 2.64. The Morgan fingerprint density at radius 2 is 1.68 bits per heavy atom. The molecule has 0 fully saturated rings. The fourth-order valence-corrected chi connectivity index (χ4v) is 2.71. The maximum Gasteiger partial charge on any atom is 0.229 e. The summed E-state index contributed by atoms with van der Waals surface area (Å²) in [5.74, 6) is 1.53. The van der Waals surface area contributed by atoms with Gasteiger partial charge >= 0.3 is 0 Å². The minimum absolute atomic E-state index is 0.637. The number of aryl methyl sites for hydroxylation is 2. The molecule has 0 aliphatic carbocycles. The van der Waals surface area contributed by atoms with Crippen LogP contribution in [0.3, 0.4) is 0 Å². The van der Waals surface area contributed by atoms with Crippen molar-refractivity contribution in [2.45, 2.75) is 26.7 Å². The van der Waals surface area contributed by atoms with Crippen LogP contribution in [-0.2, 0) is 6.42 Å². The van der Waals surface area contributed by atoms with E-state index in [-0.39, 0.29) is 0 Å². The quantitative estimate of drug-likeness (QED) is 0.669. The van der Waals surface area contributed by atoms with E-state index in [1.807, 2.05) is 43.4 Å². The van der Waals surface area contributed by atoms with E-state index in [1.54, 1.807) is 0 Å². The van der Waals surface area contributed by atoms with Gasteiger partial charge in [0.25, 0.3) is 0 Å². The molecule has 3 aromatic rings. The summed E-state index contributed by atoms with van der Waals surface area (Å²) in [6.45, 7) is 4.24. The highest BCUT2D eigenvalue weighted by molar-refractivity contribution is 5.63. The SMILES string of the molecule is CCCc1cc(N(C)c2ccccc2)nc(Nc2ccccc2C)n1. The summed E-state index contributed by atoms with van der Waals surface area (Å²) in [7, 11) is 2.03. The van der Waals surface area contributed by atoms with Gasteiger partial charge in [-0.2, -0.15) is 4.98 Å². The highest BCUT2D eigenvalue weighted by Crippen LogP contribution is 2.25. The molecule has 128 valence electrons. The third-order valence-corrected chi connectivity index (χ3v) is 4.15. The van der Waals surface area contributed by atoms with Gasteiger partial charge in [-0.05, 0) is 37.1 Å². The van der Waals surface area contributed by atoms with Crippen LogP contribution in [0.1, 0.15) is 24.6 Å². The predicted octanol–water partition coefficient (Wildman–Crippen LogP) is 5.25. The molecule has 25 heavy (non-hydrogen) atoms. The second kappa shape index (κ2) is 7.79. The van der Waals surface area contributed by atoms with Gasteiger partial charge in [-0.3, -0.25) is 0 Å². The number of para-hydroxylation sites is 2. The Morgan fingerprint density at radius 1 is 0.960 bits per heavy atom. The normalized spacial score (nSPS) is 10.5. The molecule has 1 heterocycles. The molecule has 1 N–H and O–H groups in total. The number of benzene rings is 2. The lowest BCUT2D eigenvalue weighted by Crippen LogP contribution is -2.13. The summed E-state index contributed by atoms with van der Waals surface area (Å²) in [4.78, 5) is 11.5. The Hall–Kier alpha value is -2.88. The first-order valence-electron chi connectivity index (χ1n) is 8.66. The molecule has 3 rings (SSSR count). The van der Waals surface area contributed by atoms with Gasteiger partial charge in [0.1, 0.15) is 5.82 Å². The molecule has 2 aromatic carbocycles. The molecule has 0 bridgehead atoms. The molecular weight excluding hydrogens is 308 g/mol. The van der Waals surface area contributed by atoms with Crippen molar-refractivity contribution >= 4 is 23.1 Å². The third kappa shape index (κ3) is 4.15. The van der Waals surface area contributed by atoms with Crippen LogP contribution in [0, 0.1) is 6.92 Å². The summed E-state index contributed by atoms with van der Waals surface area (Å²) in [6.07, 6.45) is 1.98. The lowest BCUT2D eigenvalue weighted by atomic mass is 10.2. The Kier molecular flexibility index (Phi) is 5.29. The van der Waals surface area contributed by atoms with Crippen LogP contribution in [-0.4, -0.2) is 17.0 Å². The van der Waals surface area contributed by atoms with Gasteiger partial charge in [-0.15, -0.1) is 0 Å². The average molecular weight is 332 g/mol. The first kappa shape index (κ1) is 17.0. The van der Waals surface area contributed by atoms with E-state index in [0.717, 1.165) is 35.7 Å². The number of rotatable bonds is 6. The van der Waals surface area contributed by atoms with Gasteiger partial charge in [-0.1, -0.05) is 49.7 Å². The highest BCUT2D eigenvalue weighted by Gasteiger charge is 2.10. The van der Waals surface area contributed by atoms with Crippen LogP contribution >= 0.6 is 0 Å². The van der Waals surface area contributed by atoms with Crippen molar-refractivity contribution in [1.29, 1.82) is 0 Å². The van der Waals surface area contributed by atoms with Crippen molar-refractivity contribution in [3.63, 3.8) is 0 Å². The number of hydrogen-bond acceptors (Lipinski definition) is 4. The van der Waals surface area contributed by atoms with Crippen molar-refractivity contribution in [2.75, 3.05) is 17.3 Å². The molecule has 0 aliphatic heterocycles. The Balaban J connectivity index is 1.96. The van der Waals surface area contributed by atoms with E-state index in [0.29, 0.717) is 5.95 Å². The van der Waals surface area contributed by atoms with Crippen molar-refractivity contribution in [2.24, 2.45) is 0 Å². The molecule has 1 aromatic heterocycles. The van der Waals surface area contributed by atoms with Gasteiger partial charge in [0.05, 0.1) is 0 Å². The third-order valence-electron chi connectivity index (χ3n) is 4.15. The topological polar surface area (TPSA) is 41.1 Å². The van der Waals surface area contributed by atoms with Gasteiger partial charge < -0.3 is 10.2 Å². The summed E-state index contributed by atoms with van der Waals surface area (Å²) in [6, 6.07) is 20.5. The zero-order chi connectivity index (χ0) is 17.6. The Bertz CT molecular complexity index is 830. The van der Waals surface area contributed by atoms with Gasteiger partial charge in [-0.25, -0.2) is 4.98 Å². The lowest BCUT2D eigenvalue weighted by molar-refractivity contribution is 0.872. The van der Waals surface area contributed by atoms with Crippen molar-refractivity contribution in [3.8, 4) is 0 Å². The smallest absolute Gasteiger partial charge is 0.229 e. The molecule has 0 radical (unpaired) electrons. The van der Waals surface area contributed by atoms with Crippen LogP contribution in [0.5, 0.6) is 0 Å². The lowest BCUT2D eigenvalue weighted by Gasteiger charge is -2.20. The molecule has 0 atom stereocenters. The first-order valence-corrected chi connectivity index (χ1v) is 8.66. The van der Waals surface area contributed by atoms with Gasteiger partial charge in [0.2, 0.25) is 5.95 Å². The summed E-state index contributed by atoms with van der Waals surface area (Å²) < 4.78 is 0.